The van der Waals surface area contributed by atoms with Gasteiger partial charge < -0.3 is 62.9 Å². The van der Waals surface area contributed by atoms with Crippen LogP contribution in [0.5, 0.6) is 28.7 Å². The number of aliphatic hydroxyl groups is 3. The number of allylic oxidation sites excluding steroid dienone is 9. The SMILES string of the molecule is CCC1=C(O)C(=[OH+])C=CC1.CCC1=C(O)C(=[OH+])C=CC1.CCC1=C(O)C(=[OH+])C=CC1.CCc1occc(=[OH+])c1O.CCc1occc(=[OH+])c1O.CCc1occc(=[OH+])c1O.CCc1occc(=[OH+])c1O.CCc1occc(=[OH+])c1O.[O]=[V]=[O].[O]=[V][OH].[O]=[V][O][V]=[O]. The summed E-state index contributed by atoms with van der Waals surface area (Å²) in [6.07, 6.45) is 24.3. The Labute approximate surface area is 548 Å². The van der Waals surface area contributed by atoms with Crippen molar-refractivity contribution in [1.29, 1.82) is 0 Å². The topological polar surface area (TPSA) is 514 Å². The summed E-state index contributed by atoms with van der Waals surface area (Å²) in [7, 11) is 0. The van der Waals surface area contributed by atoms with Gasteiger partial charge >= 0.3 is 135 Å². The van der Waals surface area contributed by atoms with Crippen LogP contribution < -0.4 is 27.1 Å². The summed E-state index contributed by atoms with van der Waals surface area (Å²) in [4.78, 5) is 71.6. The maximum absolute atomic E-state index is 9.22. The Morgan fingerprint density at radius 2 is 0.538 bits per heavy atom. The standard InChI is InChI=1S/3C8H10O2.5C7H8O3.H2O.6O.4V/c3*1-2-6-4-3-5-7(9)8(6)10;5*1-2-6-7(9)5(8)3-4-10-6;;;;;;;;;;;/h3*3,5,10H,2,4H2,1H3;5*3-4,9H,2H2,1H3;1H2;;;;;;;;;;/q;;;;;;;;;;;;;;;;;;+1/p+7. The van der Waals surface area contributed by atoms with Gasteiger partial charge in [0.05, 0.1) is 30.3 Å². The monoisotopic (exact) mass is 1440 g/mol. The van der Waals surface area contributed by atoms with Gasteiger partial charge in [0, 0.05) is 50.3 Å². The first-order chi connectivity index (χ1) is 43.3. The average Bonchev–Trinajstić information content (AvgIpc) is 3.71. The molecule has 0 fully saturated rings. The van der Waals surface area contributed by atoms with Gasteiger partial charge in [-0.2, -0.15) is 0 Å². The molecular formula is C59H79O28V4+8. The summed E-state index contributed by atoms with van der Waals surface area (Å²) < 4.78 is 79.4. The van der Waals surface area contributed by atoms with E-state index in [1.807, 2.05) is 73.6 Å². The van der Waals surface area contributed by atoms with Crippen molar-refractivity contribution < 1.29 is 192 Å². The predicted molar refractivity (Wildman–Crippen MR) is 303 cm³/mol. The van der Waals surface area contributed by atoms with E-state index in [9.17, 15) is 22.7 Å². The number of aliphatic hydroxyl groups excluding tert-OH is 3. The van der Waals surface area contributed by atoms with Gasteiger partial charge in [-0.3, -0.25) is 38.4 Å². The van der Waals surface area contributed by atoms with Crippen LogP contribution >= 0.6 is 0 Å². The van der Waals surface area contributed by atoms with Gasteiger partial charge in [-0.15, -0.1) is 0 Å². The molecule has 0 unspecified atom stereocenters. The second-order valence-electron chi connectivity index (χ2n) is 16.9. The molecule has 32 heteroatoms. The number of rotatable bonds is 10. The van der Waals surface area contributed by atoms with Crippen molar-refractivity contribution in [2.75, 3.05) is 0 Å². The van der Waals surface area contributed by atoms with E-state index in [2.05, 4.69) is 2.59 Å². The fourth-order valence-corrected chi connectivity index (χ4v) is 6.72. The van der Waals surface area contributed by atoms with Crippen LogP contribution in [-0.4, -0.2) is 101 Å². The van der Waals surface area contributed by atoms with Crippen molar-refractivity contribution in [2.24, 2.45) is 0 Å². The van der Waals surface area contributed by atoms with Gasteiger partial charge in [0.25, 0.3) is 28.7 Å². The van der Waals surface area contributed by atoms with Gasteiger partial charge in [-0.25, -0.2) is 0 Å². The van der Waals surface area contributed by atoms with Crippen molar-refractivity contribution in [3.05, 3.63) is 188 Å². The molecule has 3 aliphatic rings. The molecule has 0 spiro atoms. The molecule has 0 saturated carbocycles. The van der Waals surface area contributed by atoms with Gasteiger partial charge in [0.1, 0.15) is 31.3 Å². The van der Waals surface area contributed by atoms with Crippen molar-refractivity contribution in [1.82, 2.24) is 0 Å². The minimum absolute atomic E-state index is 0.0110. The zero-order valence-corrected chi connectivity index (χ0v) is 56.5. The molecule has 5 heterocycles. The van der Waals surface area contributed by atoms with E-state index in [0.29, 0.717) is 60.9 Å². The molecule has 0 atom stereocenters. The van der Waals surface area contributed by atoms with E-state index < -0.39 is 65.9 Å². The van der Waals surface area contributed by atoms with E-state index in [1.54, 1.807) is 0 Å². The first-order valence-electron chi connectivity index (χ1n) is 27.0. The number of hydrogen-bond acceptors (Lipinski definition) is 19. The van der Waals surface area contributed by atoms with E-state index in [4.69, 9.17) is 101 Å². The second-order valence-corrected chi connectivity index (χ2v) is 19.2. The fourth-order valence-electron chi connectivity index (χ4n) is 6.50. The molecule has 5 aromatic rings. The van der Waals surface area contributed by atoms with Crippen LogP contribution in [-0.2, 0) is 119 Å². The van der Waals surface area contributed by atoms with Crippen LogP contribution in [0.15, 0.2) is 154 Å². The van der Waals surface area contributed by atoms with Gasteiger partial charge in [0.15, 0.2) is 28.8 Å². The van der Waals surface area contributed by atoms with Crippen LogP contribution in [0.2, 0.25) is 0 Å². The van der Waals surface area contributed by atoms with Crippen LogP contribution in [0, 0.1) is 0 Å². The Bertz CT molecular complexity index is 3180. The van der Waals surface area contributed by atoms with Crippen LogP contribution in [0.1, 0.15) is 123 Å². The van der Waals surface area contributed by atoms with Crippen molar-refractivity contribution in [3.63, 3.8) is 0 Å². The summed E-state index contributed by atoms with van der Waals surface area (Å²) in [6.45, 7) is 15.0. The minimum atomic E-state index is -1.81. The summed E-state index contributed by atoms with van der Waals surface area (Å²) in [5.74, 6) is 1.35. The van der Waals surface area contributed by atoms with Crippen molar-refractivity contribution in [2.45, 2.75) is 126 Å². The number of hydrogen-bond donors (Lipinski definition) is 9. The van der Waals surface area contributed by atoms with Crippen LogP contribution in [0.25, 0.3) is 0 Å². The Kier molecular flexibility index (Phi) is 50.3. The summed E-state index contributed by atoms with van der Waals surface area (Å²) in [5.41, 5.74) is 2.03. The molecule has 0 aliphatic heterocycles. The van der Waals surface area contributed by atoms with Crippen molar-refractivity contribution in [3.8, 4) is 28.7 Å². The first kappa shape index (κ1) is 87.1. The quantitative estimate of drug-likeness (QED) is 0.0659. The molecule has 3 aliphatic carbocycles. The molecule has 28 nitrogen and oxygen atoms in total. The van der Waals surface area contributed by atoms with Crippen LogP contribution in [0.4, 0.5) is 0 Å². The summed E-state index contributed by atoms with van der Waals surface area (Å²) in [5, 5.41) is 72.8. The third-order valence-electron chi connectivity index (χ3n) is 11.3. The molecule has 0 radical (unpaired) electrons. The van der Waals surface area contributed by atoms with Crippen LogP contribution in [0.3, 0.4) is 0 Å². The zero-order chi connectivity index (χ0) is 70.0. The molecule has 8 rings (SSSR count). The molecule has 17 N–H and O–H groups in total. The number of ketones is 3. The van der Waals surface area contributed by atoms with E-state index in [1.165, 1.54) is 79.9 Å². The van der Waals surface area contributed by atoms with Crippen molar-refractivity contribution >= 4 is 17.3 Å². The average molecular weight is 1440 g/mol. The number of carbonyl (C=O) groups excluding carboxylic acids is 3. The third kappa shape index (κ3) is 35.2. The Hall–Kier alpha value is -8.14. The molecule has 91 heavy (non-hydrogen) atoms. The molecule has 5 aromatic heterocycles. The van der Waals surface area contributed by atoms with Gasteiger partial charge in [0.2, 0.25) is 17.3 Å². The molecule has 0 aromatic carbocycles. The van der Waals surface area contributed by atoms with E-state index in [-0.39, 0.29) is 90.5 Å². The predicted octanol–water partition coefficient (Wildman–Crippen LogP) is 6.67. The molecular weight excluding hydrogens is 1360 g/mol. The van der Waals surface area contributed by atoms with E-state index >= 15 is 0 Å². The summed E-state index contributed by atoms with van der Waals surface area (Å²) >= 11 is -5.98. The maximum atomic E-state index is 9.22. The summed E-state index contributed by atoms with van der Waals surface area (Å²) in [6, 6.07) is 6.50. The number of aromatic hydroxyl groups is 5. The van der Waals surface area contributed by atoms with Gasteiger partial charge in [-0.1, -0.05) is 73.6 Å². The molecule has 0 amide bonds. The fraction of sp³-hybridized carbons (Fsp3) is 0.322. The van der Waals surface area contributed by atoms with E-state index in [0.717, 1.165) is 55.2 Å². The second kappa shape index (κ2) is 52.6. The Balaban J connectivity index is -0.000000950. The molecule has 495 valence electrons. The molecule has 0 saturated heterocycles. The third-order valence-corrected chi connectivity index (χ3v) is 12.4. The number of aryl methyl sites for hydroxylation is 5. The first-order valence-corrected chi connectivity index (χ1v) is 31.6. The normalized spacial score (nSPS) is 11.9. The Morgan fingerprint density at radius 3 is 0.648 bits per heavy atom. The molecule has 0 bridgehead atoms. The zero-order valence-electron chi connectivity index (χ0n) is 50.9. The Morgan fingerprint density at radius 1 is 0.363 bits per heavy atom. The van der Waals surface area contributed by atoms with Gasteiger partial charge in [-0.05, 0) is 55.2 Å².